The number of imidazole rings is 1. The second-order valence-corrected chi connectivity index (χ2v) is 10.5. The Morgan fingerprint density at radius 1 is 1.10 bits per heavy atom. The van der Waals surface area contributed by atoms with Crippen molar-refractivity contribution in [3.63, 3.8) is 0 Å². The normalized spacial score (nSPS) is 17.4. The Morgan fingerprint density at radius 3 is 2.77 bits per heavy atom. The molecule has 1 atom stereocenters. The molecular formula is C30H33FN6O3. The van der Waals surface area contributed by atoms with Gasteiger partial charge in [0.05, 0.1) is 24.2 Å². The summed E-state index contributed by atoms with van der Waals surface area (Å²) in [7, 11) is 1.92. The second kappa shape index (κ2) is 11.6. The van der Waals surface area contributed by atoms with Gasteiger partial charge in [-0.15, -0.1) is 0 Å². The molecule has 6 rings (SSSR count). The topological polar surface area (TPSA) is 102 Å². The van der Waals surface area contributed by atoms with E-state index in [1.165, 1.54) is 18.9 Å². The number of amides is 1. The molecule has 2 aromatic carbocycles. The fourth-order valence-electron chi connectivity index (χ4n) is 5.43. The molecule has 1 amide bonds. The van der Waals surface area contributed by atoms with Gasteiger partial charge in [0.25, 0.3) is 0 Å². The maximum Gasteiger partial charge on any atom is 0.239 e. The van der Waals surface area contributed by atoms with Crippen molar-refractivity contribution in [2.45, 2.75) is 44.1 Å². The molecular weight excluding hydrogens is 511 g/mol. The van der Waals surface area contributed by atoms with Crippen molar-refractivity contribution in [2.24, 2.45) is 7.05 Å². The van der Waals surface area contributed by atoms with E-state index < -0.39 is 0 Å². The summed E-state index contributed by atoms with van der Waals surface area (Å²) in [5.41, 5.74) is 3.09. The molecule has 2 aliphatic rings. The summed E-state index contributed by atoms with van der Waals surface area (Å²) in [4.78, 5) is 21.4. The number of hydrogen-bond donors (Lipinski definition) is 3. The molecule has 208 valence electrons. The number of nitrogens with one attached hydrogen (secondary N) is 3. The maximum absolute atomic E-state index is 14.5. The fraction of sp³-hybridized carbons (Fsp3) is 0.367. The lowest BCUT2D eigenvalue weighted by Gasteiger charge is -2.13. The number of nitrogens with zero attached hydrogens (tertiary/aromatic N) is 3. The highest BCUT2D eigenvalue weighted by molar-refractivity contribution is 5.91. The lowest BCUT2D eigenvalue weighted by atomic mass is 9.97. The van der Waals surface area contributed by atoms with Crippen LogP contribution in [0.2, 0.25) is 0 Å². The quantitative estimate of drug-likeness (QED) is 0.251. The molecule has 1 saturated heterocycles. The lowest BCUT2D eigenvalue weighted by molar-refractivity contribution is -0.115. The number of aromatic nitrogens is 3. The van der Waals surface area contributed by atoms with Gasteiger partial charge in [0.15, 0.2) is 0 Å². The van der Waals surface area contributed by atoms with Gasteiger partial charge in [-0.05, 0) is 61.2 Å². The van der Waals surface area contributed by atoms with Gasteiger partial charge in [0, 0.05) is 49.6 Å². The van der Waals surface area contributed by atoms with Crippen molar-refractivity contribution in [3.05, 3.63) is 66.1 Å². The minimum absolute atomic E-state index is 0.0671. The summed E-state index contributed by atoms with van der Waals surface area (Å²) < 4.78 is 27.9. The van der Waals surface area contributed by atoms with Crippen LogP contribution in [0.25, 0.3) is 11.0 Å². The van der Waals surface area contributed by atoms with E-state index in [0.717, 1.165) is 36.0 Å². The molecule has 1 aliphatic heterocycles. The van der Waals surface area contributed by atoms with E-state index in [1.807, 2.05) is 35.9 Å². The minimum atomic E-state index is -0.215. The molecule has 2 aromatic heterocycles. The van der Waals surface area contributed by atoms with Crippen molar-refractivity contribution in [1.82, 2.24) is 19.9 Å². The van der Waals surface area contributed by atoms with Crippen molar-refractivity contribution in [1.29, 1.82) is 0 Å². The number of pyridine rings is 1. The molecule has 2 fully saturated rings. The Hall–Kier alpha value is -4.02. The van der Waals surface area contributed by atoms with Crippen LogP contribution in [0.4, 0.5) is 21.8 Å². The third-order valence-corrected chi connectivity index (χ3v) is 7.62. The van der Waals surface area contributed by atoms with E-state index in [0.29, 0.717) is 48.1 Å². The zero-order valence-corrected chi connectivity index (χ0v) is 22.5. The first kappa shape index (κ1) is 26.2. The molecule has 3 N–H and O–H groups in total. The standard InChI is InChI=1S/C30H33FN6O3/c1-37-27-9-7-22(40-23-10-12-32-28(16-23)36-29(38)17-33-20-4-2-3-5-20)15-26(27)35-30(37)34-21-6-8-25(31)24(14-21)19-11-13-39-18-19/h6-10,12,14-16,19-20,33H,2-5,11,13,17-18H2,1H3,(H,34,35)(H,32,36,38). The van der Waals surface area contributed by atoms with Gasteiger partial charge >= 0.3 is 0 Å². The number of anilines is 3. The first-order valence-corrected chi connectivity index (χ1v) is 13.8. The molecule has 3 heterocycles. The number of hydrogen-bond acceptors (Lipinski definition) is 7. The van der Waals surface area contributed by atoms with Crippen LogP contribution >= 0.6 is 0 Å². The van der Waals surface area contributed by atoms with Crippen LogP contribution in [0.1, 0.15) is 43.6 Å². The zero-order chi connectivity index (χ0) is 27.5. The fourth-order valence-corrected chi connectivity index (χ4v) is 5.43. The molecule has 1 unspecified atom stereocenters. The van der Waals surface area contributed by atoms with Crippen LogP contribution in [0.3, 0.4) is 0 Å². The van der Waals surface area contributed by atoms with E-state index in [1.54, 1.807) is 24.4 Å². The Kier molecular flexibility index (Phi) is 7.61. The number of carbonyl (C=O) groups is 1. The van der Waals surface area contributed by atoms with Crippen molar-refractivity contribution in [2.75, 3.05) is 30.4 Å². The molecule has 9 nitrogen and oxygen atoms in total. The van der Waals surface area contributed by atoms with Crippen molar-refractivity contribution in [3.8, 4) is 11.5 Å². The van der Waals surface area contributed by atoms with E-state index in [2.05, 4.69) is 20.9 Å². The Morgan fingerprint density at radius 2 is 1.95 bits per heavy atom. The average molecular weight is 545 g/mol. The number of aryl methyl sites for hydroxylation is 1. The predicted octanol–water partition coefficient (Wildman–Crippen LogP) is 5.62. The highest BCUT2D eigenvalue weighted by Gasteiger charge is 2.22. The highest BCUT2D eigenvalue weighted by Crippen LogP contribution is 2.32. The van der Waals surface area contributed by atoms with Gasteiger partial charge in [-0.2, -0.15) is 0 Å². The summed E-state index contributed by atoms with van der Waals surface area (Å²) >= 11 is 0. The third kappa shape index (κ3) is 5.93. The van der Waals surface area contributed by atoms with Gasteiger partial charge < -0.3 is 30.0 Å². The zero-order valence-electron chi connectivity index (χ0n) is 22.5. The molecule has 4 aromatic rings. The lowest BCUT2D eigenvalue weighted by Crippen LogP contribution is -2.34. The third-order valence-electron chi connectivity index (χ3n) is 7.62. The monoisotopic (exact) mass is 544 g/mol. The first-order valence-electron chi connectivity index (χ1n) is 13.8. The summed E-state index contributed by atoms with van der Waals surface area (Å²) in [5.74, 6) is 1.95. The largest absolute Gasteiger partial charge is 0.457 e. The van der Waals surface area contributed by atoms with Crippen molar-refractivity contribution >= 4 is 34.4 Å². The van der Waals surface area contributed by atoms with Gasteiger partial charge in [0.2, 0.25) is 11.9 Å². The number of ether oxygens (including phenoxy) is 2. The second-order valence-electron chi connectivity index (χ2n) is 10.5. The molecule has 1 aliphatic carbocycles. The van der Waals surface area contributed by atoms with Crippen LogP contribution in [0.5, 0.6) is 11.5 Å². The van der Waals surface area contributed by atoms with Crippen LogP contribution in [-0.2, 0) is 16.6 Å². The summed E-state index contributed by atoms with van der Waals surface area (Å²) in [6, 6.07) is 14.6. The molecule has 10 heteroatoms. The minimum Gasteiger partial charge on any atom is -0.457 e. The SMILES string of the molecule is Cn1c(Nc2ccc(F)c(C3CCOC3)c2)nc2cc(Oc3ccnc(NC(=O)CNC4CCCC4)c3)ccc21. The van der Waals surface area contributed by atoms with Crippen LogP contribution in [0.15, 0.2) is 54.7 Å². The van der Waals surface area contributed by atoms with E-state index >= 15 is 0 Å². The van der Waals surface area contributed by atoms with Crippen molar-refractivity contribution < 1.29 is 18.7 Å². The van der Waals surface area contributed by atoms with Gasteiger partial charge in [0.1, 0.15) is 23.1 Å². The highest BCUT2D eigenvalue weighted by atomic mass is 19.1. The number of halogens is 1. The maximum atomic E-state index is 14.5. The van der Waals surface area contributed by atoms with Crippen LogP contribution in [0, 0.1) is 5.82 Å². The van der Waals surface area contributed by atoms with Gasteiger partial charge in [-0.1, -0.05) is 12.8 Å². The van der Waals surface area contributed by atoms with E-state index in [4.69, 9.17) is 14.5 Å². The Bertz CT molecular complexity index is 1510. The molecule has 40 heavy (non-hydrogen) atoms. The first-order chi connectivity index (χ1) is 19.5. The number of rotatable bonds is 9. The Labute approximate surface area is 232 Å². The number of fused-ring (bicyclic) bond motifs is 1. The number of benzene rings is 2. The molecule has 0 bridgehead atoms. The summed E-state index contributed by atoms with van der Waals surface area (Å²) in [6.45, 7) is 1.46. The van der Waals surface area contributed by atoms with E-state index in [-0.39, 0.29) is 24.2 Å². The van der Waals surface area contributed by atoms with Gasteiger partial charge in [-0.25, -0.2) is 14.4 Å². The average Bonchev–Trinajstić information content (AvgIpc) is 3.72. The van der Waals surface area contributed by atoms with Crippen LogP contribution in [-0.4, -0.2) is 46.2 Å². The van der Waals surface area contributed by atoms with Crippen LogP contribution < -0.4 is 20.7 Å². The number of carbonyl (C=O) groups excluding carboxylic acids is 1. The van der Waals surface area contributed by atoms with Gasteiger partial charge in [-0.3, -0.25) is 4.79 Å². The summed E-state index contributed by atoms with van der Waals surface area (Å²) in [5, 5.41) is 9.47. The molecule has 0 spiro atoms. The summed E-state index contributed by atoms with van der Waals surface area (Å²) in [6.07, 6.45) is 7.10. The molecule has 1 saturated carbocycles. The molecule has 0 radical (unpaired) electrons. The predicted molar refractivity (Wildman–Crippen MR) is 152 cm³/mol. The Balaban J connectivity index is 1.13. The van der Waals surface area contributed by atoms with E-state index in [9.17, 15) is 9.18 Å². The smallest absolute Gasteiger partial charge is 0.239 e.